The van der Waals surface area contributed by atoms with Crippen molar-refractivity contribution in [1.82, 2.24) is 5.16 Å². The van der Waals surface area contributed by atoms with Crippen molar-refractivity contribution in [2.45, 2.75) is 26.5 Å². The first-order chi connectivity index (χ1) is 9.54. The minimum Gasteiger partial charge on any atom is -0.491 e. The van der Waals surface area contributed by atoms with Crippen molar-refractivity contribution in [2.24, 2.45) is 0 Å². The largest absolute Gasteiger partial charge is 0.491 e. The topological polar surface area (TPSA) is 90.4 Å². The van der Waals surface area contributed by atoms with E-state index in [9.17, 15) is 10.1 Å². The Hall–Kier alpha value is -2.57. The summed E-state index contributed by atoms with van der Waals surface area (Å²) in [5.74, 6) is 0.455. The molecule has 1 aromatic heterocycles. The molecule has 0 bridgehead atoms. The molecule has 0 aliphatic rings. The number of benzene rings is 1. The fourth-order valence-electron chi connectivity index (χ4n) is 1.65. The molecule has 0 atom stereocenters. The van der Waals surface area contributed by atoms with Gasteiger partial charge in [0, 0.05) is 23.9 Å². The van der Waals surface area contributed by atoms with Crippen LogP contribution in [0.5, 0.6) is 5.75 Å². The van der Waals surface area contributed by atoms with Crippen molar-refractivity contribution in [3.8, 4) is 5.75 Å². The van der Waals surface area contributed by atoms with Crippen LogP contribution < -0.4 is 10.1 Å². The van der Waals surface area contributed by atoms with Crippen LogP contribution in [0.15, 0.2) is 35.1 Å². The van der Waals surface area contributed by atoms with Gasteiger partial charge in [0.15, 0.2) is 0 Å². The first kappa shape index (κ1) is 13.9. The van der Waals surface area contributed by atoms with Crippen molar-refractivity contribution >= 4 is 11.4 Å². The molecule has 7 heteroatoms. The van der Waals surface area contributed by atoms with E-state index in [1.165, 1.54) is 18.4 Å². The van der Waals surface area contributed by atoms with Crippen molar-refractivity contribution < 1.29 is 14.2 Å². The monoisotopic (exact) mass is 277 g/mol. The quantitative estimate of drug-likeness (QED) is 0.644. The van der Waals surface area contributed by atoms with Crippen LogP contribution in [-0.2, 0) is 6.54 Å². The normalized spacial score (nSPS) is 10.6. The lowest BCUT2D eigenvalue weighted by atomic mass is 10.2. The Kier molecular flexibility index (Phi) is 4.19. The molecule has 2 rings (SSSR count). The zero-order chi connectivity index (χ0) is 14.5. The molecule has 1 N–H and O–H groups in total. The number of nitrogens with zero attached hydrogens (tertiary/aromatic N) is 2. The molecule has 0 fully saturated rings. The third kappa shape index (κ3) is 3.71. The number of hydrogen-bond acceptors (Lipinski definition) is 6. The standard InChI is InChI=1S/C13H15N3O4/c1-9(2)20-13-6-11(5-12(7-13)16(17)18)14-8-10-3-4-19-15-10/h3-7,9,14H,8H2,1-2H3. The highest BCUT2D eigenvalue weighted by atomic mass is 16.6. The predicted octanol–water partition coefficient (Wildman–Crippen LogP) is 2.98. The summed E-state index contributed by atoms with van der Waals surface area (Å²) in [6.45, 7) is 4.14. The van der Waals surface area contributed by atoms with E-state index >= 15 is 0 Å². The van der Waals surface area contributed by atoms with Gasteiger partial charge >= 0.3 is 0 Å². The molecule has 7 nitrogen and oxygen atoms in total. The second-order valence-electron chi connectivity index (χ2n) is 4.48. The summed E-state index contributed by atoms with van der Waals surface area (Å²) in [5.41, 5.74) is 1.28. The van der Waals surface area contributed by atoms with Crippen LogP contribution in [0.25, 0.3) is 0 Å². The summed E-state index contributed by atoms with van der Waals surface area (Å²) < 4.78 is 10.2. The van der Waals surface area contributed by atoms with E-state index in [-0.39, 0.29) is 11.8 Å². The molecule has 20 heavy (non-hydrogen) atoms. The van der Waals surface area contributed by atoms with Gasteiger partial charge in [-0.1, -0.05) is 5.16 Å². The number of rotatable bonds is 6. The maximum Gasteiger partial charge on any atom is 0.275 e. The van der Waals surface area contributed by atoms with Gasteiger partial charge in [-0.3, -0.25) is 10.1 Å². The molecule has 0 saturated heterocycles. The number of aromatic nitrogens is 1. The van der Waals surface area contributed by atoms with Crippen molar-refractivity contribution in [3.05, 3.63) is 46.3 Å². The maximum atomic E-state index is 10.9. The molecule has 1 heterocycles. The summed E-state index contributed by atoms with van der Waals surface area (Å²) in [7, 11) is 0. The molecule has 1 aromatic carbocycles. The number of nitro benzene ring substituents is 1. The molecular formula is C13H15N3O4. The van der Waals surface area contributed by atoms with E-state index in [4.69, 9.17) is 9.26 Å². The van der Waals surface area contributed by atoms with E-state index < -0.39 is 4.92 Å². The highest BCUT2D eigenvalue weighted by Crippen LogP contribution is 2.27. The smallest absolute Gasteiger partial charge is 0.275 e. The molecule has 0 aliphatic carbocycles. The number of anilines is 1. The molecular weight excluding hydrogens is 262 g/mol. The molecule has 2 aromatic rings. The van der Waals surface area contributed by atoms with E-state index in [2.05, 4.69) is 10.5 Å². The van der Waals surface area contributed by atoms with Crippen molar-refractivity contribution in [1.29, 1.82) is 0 Å². The van der Waals surface area contributed by atoms with E-state index in [1.807, 2.05) is 13.8 Å². The number of ether oxygens (including phenoxy) is 1. The molecule has 0 saturated carbocycles. The SMILES string of the molecule is CC(C)Oc1cc(NCc2ccon2)cc([N+](=O)[O-])c1. The van der Waals surface area contributed by atoms with Gasteiger partial charge in [0.2, 0.25) is 0 Å². The minimum atomic E-state index is -0.450. The highest BCUT2D eigenvalue weighted by Gasteiger charge is 2.11. The zero-order valence-corrected chi connectivity index (χ0v) is 11.2. The van der Waals surface area contributed by atoms with Crippen LogP contribution in [0.4, 0.5) is 11.4 Å². The molecule has 0 spiro atoms. The molecule has 0 aliphatic heterocycles. The lowest BCUT2D eigenvalue weighted by molar-refractivity contribution is -0.384. The average molecular weight is 277 g/mol. The summed E-state index contributed by atoms with van der Waals surface area (Å²) in [6, 6.07) is 6.29. The fraction of sp³-hybridized carbons (Fsp3) is 0.308. The van der Waals surface area contributed by atoms with Crippen LogP contribution in [0, 0.1) is 10.1 Å². The Bertz CT molecular complexity index is 581. The Morgan fingerprint density at radius 3 is 2.85 bits per heavy atom. The van der Waals surface area contributed by atoms with E-state index in [0.717, 1.165) is 0 Å². The van der Waals surface area contributed by atoms with Crippen LogP contribution in [0.1, 0.15) is 19.5 Å². The zero-order valence-electron chi connectivity index (χ0n) is 11.2. The van der Waals surface area contributed by atoms with Crippen molar-refractivity contribution in [3.63, 3.8) is 0 Å². The predicted molar refractivity (Wildman–Crippen MR) is 72.7 cm³/mol. The lowest BCUT2D eigenvalue weighted by Crippen LogP contribution is -2.07. The van der Waals surface area contributed by atoms with Gasteiger partial charge in [0.05, 0.1) is 23.6 Å². The first-order valence-electron chi connectivity index (χ1n) is 6.14. The van der Waals surface area contributed by atoms with Crippen molar-refractivity contribution in [2.75, 3.05) is 5.32 Å². The lowest BCUT2D eigenvalue weighted by Gasteiger charge is -2.11. The molecule has 0 amide bonds. The average Bonchev–Trinajstić information content (AvgIpc) is 2.88. The molecule has 106 valence electrons. The first-order valence-corrected chi connectivity index (χ1v) is 6.14. The van der Waals surface area contributed by atoms with Crippen LogP contribution in [-0.4, -0.2) is 16.2 Å². The Labute approximate surface area is 115 Å². The number of hydrogen-bond donors (Lipinski definition) is 1. The van der Waals surface area contributed by atoms with Crippen LogP contribution in [0.3, 0.4) is 0 Å². The van der Waals surface area contributed by atoms with Gasteiger partial charge in [0.25, 0.3) is 5.69 Å². The van der Waals surface area contributed by atoms with Gasteiger partial charge < -0.3 is 14.6 Å². The van der Waals surface area contributed by atoms with Crippen LogP contribution in [0.2, 0.25) is 0 Å². The maximum absolute atomic E-state index is 10.9. The third-order valence-corrected chi connectivity index (χ3v) is 2.44. The summed E-state index contributed by atoms with van der Waals surface area (Å²) >= 11 is 0. The Balaban J connectivity index is 2.17. The Morgan fingerprint density at radius 2 is 2.25 bits per heavy atom. The Morgan fingerprint density at radius 1 is 1.45 bits per heavy atom. The summed E-state index contributed by atoms with van der Waals surface area (Å²) in [6.07, 6.45) is 1.41. The fourth-order valence-corrected chi connectivity index (χ4v) is 1.65. The van der Waals surface area contributed by atoms with Gasteiger partial charge in [-0.25, -0.2) is 0 Å². The van der Waals surface area contributed by atoms with Gasteiger partial charge in [0.1, 0.15) is 17.7 Å². The van der Waals surface area contributed by atoms with Gasteiger partial charge in [-0.2, -0.15) is 0 Å². The third-order valence-electron chi connectivity index (χ3n) is 2.44. The van der Waals surface area contributed by atoms with Crippen LogP contribution >= 0.6 is 0 Å². The molecule has 0 unspecified atom stereocenters. The van der Waals surface area contributed by atoms with Gasteiger partial charge in [-0.05, 0) is 13.8 Å². The number of nitro groups is 1. The second kappa shape index (κ2) is 6.05. The second-order valence-corrected chi connectivity index (χ2v) is 4.48. The summed E-state index contributed by atoms with van der Waals surface area (Å²) in [5, 5.41) is 17.7. The molecule has 0 radical (unpaired) electrons. The van der Waals surface area contributed by atoms with E-state index in [1.54, 1.807) is 12.1 Å². The highest BCUT2D eigenvalue weighted by molar-refractivity contribution is 5.56. The number of non-ortho nitro benzene ring substituents is 1. The summed E-state index contributed by atoms with van der Waals surface area (Å²) in [4.78, 5) is 10.5. The van der Waals surface area contributed by atoms with Gasteiger partial charge in [-0.15, -0.1) is 0 Å². The van der Waals surface area contributed by atoms with E-state index in [0.29, 0.717) is 23.7 Å². The minimum absolute atomic E-state index is 0.0224. The number of nitrogens with one attached hydrogen (secondary N) is 1.